The van der Waals surface area contributed by atoms with Crippen molar-refractivity contribution >= 4 is 0 Å². The largest absolute Gasteiger partial charge is 0.379 e. The van der Waals surface area contributed by atoms with E-state index in [1.165, 1.54) is 85.5 Å². The van der Waals surface area contributed by atoms with Gasteiger partial charge in [-0.1, -0.05) is 18.2 Å². The summed E-state index contributed by atoms with van der Waals surface area (Å²) in [6, 6.07) is 9.69. The Balaban J connectivity index is 1.11. The van der Waals surface area contributed by atoms with E-state index in [4.69, 9.17) is 9.47 Å². The Morgan fingerprint density at radius 2 is 0.971 bits per heavy atom. The van der Waals surface area contributed by atoms with Gasteiger partial charge in [-0.2, -0.15) is 0 Å². The third-order valence-electron chi connectivity index (χ3n) is 9.69. The van der Waals surface area contributed by atoms with E-state index in [0.29, 0.717) is 12.6 Å². The van der Waals surface area contributed by atoms with Gasteiger partial charge in [0.1, 0.15) is 13.1 Å². The second kappa shape index (κ2) is 8.78. The Morgan fingerprint density at radius 1 is 0.588 bits per heavy atom. The predicted octanol–water partition coefficient (Wildman–Crippen LogP) is 0.210. The van der Waals surface area contributed by atoms with Crippen LogP contribution in [0.5, 0.6) is 0 Å². The van der Waals surface area contributed by atoms with Gasteiger partial charge in [0.25, 0.3) is 0 Å². The first-order chi connectivity index (χ1) is 16.7. The molecule has 0 N–H and O–H groups in total. The molecule has 1 aromatic rings. The Labute approximate surface area is 204 Å². The maximum Gasteiger partial charge on any atom is 0.206 e. The van der Waals surface area contributed by atoms with Crippen LogP contribution in [0.4, 0.5) is 0 Å². The number of benzene rings is 1. The summed E-state index contributed by atoms with van der Waals surface area (Å²) < 4.78 is 14.1. The molecule has 0 aromatic heterocycles. The first kappa shape index (κ1) is 22.1. The lowest BCUT2D eigenvalue weighted by atomic mass is 10.1. The second-order valence-corrected chi connectivity index (χ2v) is 11.5. The van der Waals surface area contributed by atoms with Gasteiger partial charge in [0.2, 0.25) is 12.6 Å². The smallest absolute Gasteiger partial charge is 0.206 e. The van der Waals surface area contributed by atoms with Crippen LogP contribution >= 0.6 is 0 Å². The second-order valence-electron chi connectivity index (χ2n) is 11.5. The zero-order valence-electron chi connectivity index (χ0n) is 20.7. The van der Waals surface area contributed by atoms with E-state index >= 15 is 0 Å². The minimum Gasteiger partial charge on any atom is -0.379 e. The van der Waals surface area contributed by atoms with Gasteiger partial charge in [-0.15, -0.1) is 0 Å². The van der Waals surface area contributed by atoms with Crippen molar-refractivity contribution in [3.8, 4) is 0 Å². The summed E-state index contributed by atoms with van der Waals surface area (Å²) >= 11 is 0. The number of ether oxygens (including phenoxy) is 2. The molecule has 7 rings (SSSR count). The van der Waals surface area contributed by atoms with E-state index in [0.717, 1.165) is 52.6 Å². The first-order valence-corrected chi connectivity index (χ1v) is 13.7. The molecule has 6 heterocycles. The average molecular weight is 471 g/mol. The zero-order chi connectivity index (χ0) is 22.6. The monoisotopic (exact) mass is 470 g/mol. The highest BCUT2D eigenvalue weighted by atomic mass is 16.5. The summed E-state index contributed by atoms with van der Waals surface area (Å²) in [5.74, 6) is 0. The third-order valence-corrected chi connectivity index (χ3v) is 9.69. The molecule has 8 nitrogen and oxygen atoms in total. The van der Waals surface area contributed by atoms with Crippen LogP contribution < -0.4 is 0 Å². The van der Waals surface area contributed by atoms with Crippen molar-refractivity contribution in [2.45, 2.75) is 25.7 Å². The van der Waals surface area contributed by atoms with Gasteiger partial charge in [0.15, 0.2) is 0 Å². The van der Waals surface area contributed by atoms with Gasteiger partial charge in [0.05, 0.1) is 78.8 Å². The van der Waals surface area contributed by atoms with Crippen LogP contribution in [0.2, 0.25) is 0 Å². The quantitative estimate of drug-likeness (QED) is 0.585. The fourth-order valence-corrected chi connectivity index (χ4v) is 8.18. The lowest BCUT2D eigenvalue weighted by Gasteiger charge is -2.40. The summed E-state index contributed by atoms with van der Waals surface area (Å²) in [7, 11) is 0. The number of hydrogen-bond donors (Lipinski definition) is 0. The van der Waals surface area contributed by atoms with E-state index in [2.05, 4.69) is 43.9 Å². The molecule has 1 aromatic carbocycles. The van der Waals surface area contributed by atoms with Crippen LogP contribution in [-0.4, -0.2) is 146 Å². The number of hydrogen-bond acceptors (Lipinski definition) is 6. The summed E-state index contributed by atoms with van der Waals surface area (Å²) in [4.78, 5) is 10.8. The number of quaternary nitrogens is 2. The average Bonchev–Trinajstić information content (AvgIpc) is 3.50. The Morgan fingerprint density at radius 3 is 1.35 bits per heavy atom. The normalized spacial score (nSPS) is 39.4. The van der Waals surface area contributed by atoms with E-state index in [1.54, 1.807) is 0 Å². The van der Waals surface area contributed by atoms with Crippen LogP contribution in [0.1, 0.15) is 11.1 Å². The highest BCUT2D eigenvalue weighted by Crippen LogP contribution is 2.37. The molecule has 6 saturated heterocycles. The topological polar surface area (TPSA) is 31.4 Å². The first-order valence-electron chi connectivity index (χ1n) is 13.7. The molecule has 186 valence electrons. The molecule has 0 amide bonds. The molecule has 6 aliphatic rings. The van der Waals surface area contributed by atoms with Crippen molar-refractivity contribution in [2.75, 3.05) is 105 Å². The van der Waals surface area contributed by atoms with Gasteiger partial charge in [-0.3, -0.25) is 8.97 Å². The minimum absolute atomic E-state index is 0.561. The molecule has 0 bridgehead atoms. The van der Waals surface area contributed by atoms with Crippen molar-refractivity contribution in [1.82, 2.24) is 19.6 Å². The van der Waals surface area contributed by atoms with Crippen molar-refractivity contribution < 1.29 is 18.4 Å². The molecule has 8 heteroatoms. The van der Waals surface area contributed by atoms with Crippen molar-refractivity contribution in [2.24, 2.45) is 0 Å². The zero-order valence-corrected chi connectivity index (χ0v) is 20.7. The summed E-state index contributed by atoms with van der Waals surface area (Å²) in [6.45, 7) is 20.2. The van der Waals surface area contributed by atoms with E-state index in [1.807, 2.05) is 0 Å². The molecule has 0 aliphatic carbocycles. The van der Waals surface area contributed by atoms with E-state index < -0.39 is 0 Å². The van der Waals surface area contributed by atoms with Gasteiger partial charge < -0.3 is 9.47 Å². The standard InChI is InChI=1S/C26H42N6O2/c1-2-23(21-31-12-4-27-8-16-33-17-9-28(5-13-31)25(27)31)20-24(3-1)22-32-14-6-29-10-18-34-19-11-30(7-15-32)26(29)32/h1-3,20,25-26H,4-19,21-22H2/q+2. The third kappa shape index (κ3) is 3.66. The van der Waals surface area contributed by atoms with E-state index in [-0.39, 0.29) is 0 Å². The van der Waals surface area contributed by atoms with Crippen LogP contribution in [0, 0.1) is 0 Å². The summed E-state index contributed by atoms with van der Waals surface area (Å²) in [5.41, 5.74) is 3.08. The van der Waals surface area contributed by atoms with Gasteiger partial charge >= 0.3 is 0 Å². The van der Waals surface area contributed by atoms with Crippen molar-refractivity contribution in [3.05, 3.63) is 35.4 Å². The van der Waals surface area contributed by atoms with E-state index in [9.17, 15) is 0 Å². The van der Waals surface area contributed by atoms with Crippen LogP contribution in [-0.2, 0) is 22.6 Å². The Bertz CT molecular complexity index is 795. The molecule has 0 atom stereocenters. The predicted molar refractivity (Wildman–Crippen MR) is 129 cm³/mol. The Hall–Kier alpha value is -1.10. The molecule has 6 aliphatic heterocycles. The number of rotatable bonds is 4. The highest BCUT2D eigenvalue weighted by Gasteiger charge is 2.56. The molecular formula is C26H42N6O2+2. The van der Waals surface area contributed by atoms with Crippen LogP contribution in [0.15, 0.2) is 24.3 Å². The Kier molecular flexibility index (Phi) is 5.71. The maximum atomic E-state index is 5.83. The van der Waals surface area contributed by atoms with Gasteiger partial charge in [-0.25, -0.2) is 19.6 Å². The SMILES string of the molecule is c1cc(C[N+]23CCN4CCOCCN(CC2)C43)cc(C[N+]23CCN4CCOCCN(CC2)C43)c1. The molecule has 34 heavy (non-hydrogen) atoms. The molecule has 0 saturated carbocycles. The minimum atomic E-state index is 0.561. The fourth-order valence-electron chi connectivity index (χ4n) is 8.18. The molecule has 0 unspecified atom stereocenters. The molecule has 6 fully saturated rings. The lowest BCUT2D eigenvalue weighted by Crippen LogP contribution is -2.57. The van der Waals surface area contributed by atoms with Crippen molar-refractivity contribution in [3.63, 3.8) is 0 Å². The molecule has 0 radical (unpaired) electrons. The summed E-state index contributed by atoms with van der Waals surface area (Å²) in [6.07, 6.45) is 1.12. The molecular weight excluding hydrogens is 428 g/mol. The van der Waals surface area contributed by atoms with Gasteiger partial charge in [0, 0.05) is 37.3 Å². The maximum absolute atomic E-state index is 5.83. The highest BCUT2D eigenvalue weighted by molar-refractivity contribution is 5.22. The van der Waals surface area contributed by atoms with Crippen LogP contribution in [0.25, 0.3) is 0 Å². The van der Waals surface area contributed by atoms with Crippen LogP contribution in [0.3, 0.4) is 0 Å². The van der Waals surface area contributed by atoms with Crippen molar-refractivity contribution in [1.29, 1.82) is 0 Å². The number of nitrogens with zero attached hydrogens (tertiary/aromatic N) is 6. The lowest BCUT2D eigenvalue weighted by molar-refractivity contribution is -0.951. The summed E-state index contributed by atoms with van der Waals surface area (Å²) in [5, 5.41) is 0. The molecule has 0 spiro atoms. The fraction of sp³-hybridized carbons (Fsp3) is 0.769. The van der Waals surface area contributed by atoms with Gasteiger partial charge in [-0.05, 0) is 6.07 Å².